The van der Waals surface area contributed by atoms with Crippen LogP contribution in [-0.2, 0) is 0 Å². The molecule has 1 unspecified atom stereocenters. The molecule has 1 atom stereocenters. The van der Waals surface area contributed by atoms with E-state index in [2.05, 4.69) is 45.5 Å². The highest BCUT2D eigenvalue weighted by molar-refractivity contribution is 6.33. The van der Waals surface area contributed by atoms with Gasteiger partial charge < -0.3 is 20.4 Å². The van der Waals surface area contributed by atoms with Gasteiger partial charge in [0, 0.05) is 52.6 Å². The highest BCUT2D eigenvalue weighted by Crippen LogP contribution is 2.45. The number of benzene rings is 1. The van der Waals surface area contributed by atoms with Gasteiger partial charge in [-0.05, 0) is 73.0 Å². The van der Waals surface area contributed by atoms with E-state index in [1.54, 1.807) is 13.3 Å². The molecule has 1 aromatic carbocycles. The van der Waals surface area contributed by atoms with Crippen molar-refractivity contribution in [2.24, 2.45) is 5.41 Å². The van der Waals surface area contributed by atoms with Gasteiger partial charge in [-0.15, -0.1) is 0 Å². The molecule has 0 bridgehead atoms. The normalized spacial score (nSPS) is 18.8. The van der Waals surface area contributed by atoms with Crippen LogP contribution in [-0.4, -0.2) is 51.2 Å². The number of hydrogen-bond acceptors (Lipinski definition) is 7. The first kappa shape index (κ1) is 25.2. The summed E-state index contributed by atoms with van der Waals surface area (Å²) in [6, 6.07) is 9.94. The van der Waals surface area contributed by atoms with Crippen molar-refractivity contribution in [2.45, 2.75) is 45.1 Å². The van der Waals surface area contributed by atoms with Gasteiger partial charge in [0.1, 0.15) is 17.2 Å². The second-order valence-electron chi connectivity index (χ2n) is 11.6. The van der Waals surface area contributed by atoms with Crippen LogP contribution in [0, 0.1) is 5.41 Å². The lowest BCUT2D eigenvalue weighted by atomic mass is 9.80. The Balaban J connectivity index is 1.39. The molecule has 9 heteroatoms. The lowest BCUT2D eigenvalue weighted by Crippen LogP contribution is -2.49. The van der Waals surface area contributed by atoms with E-state index in [1.807, 2.05) is 36.7 Å². The molecule has 4 aromatic heterocycles. The van der Waals surface area contributed by atoms with E-state index in [9.17, 15) is 0 Å². The summed E-state index contributed by atoms with van der Waals surface area (Å²) in [5.74, 6) is 2.80. The van der Waals surface area contributed by atoms with Crippen molar-refractivity contribution in [1.82, 2.24) is 30.2 Å². The Hall–Kier alpha value is -3.75. The van der Waals surface area contributed by atoms with Gasteiger partial charge in [-0.25, -0.2) is 15.0 Å². The molecule has 0 amide bonds. The van der Waals surface area contributed by atoms with Gasteiger partial charge in [0.25, 0.3) is 0 Å². The summed E-state index contributed by atoms with van der Waals surface area (Å²) in [5.41, 5.74) is 5.53. The smallest absolute Gasteiger partial charge is 0.163 e. The molecule has 1 saturated heterocycles. The molecule has 1 aliphatic carbocycles. The highest BCUT2D eigenvalue weighted by atomic mass is 35.5. The lowest BCUT2D eigenvalue weighted by molar-refractivity contribution is 0.236. The predicted molar refractivity (Wildman–Crippen MR) is 160 cm³/mol. The maximum atomic E-state index is 6.58. The van der Waals surface area contributed by atoms with E-state index in [0.29, 0.717) is 16.8 Å². The van der Waals surface area contributed by atoms with Crippen LogP contribution < -0.4 is 15.4 Å². The maximum Gasteiger partial charge on any atom is 0.163 e. The van der Waals surface area contributed by atoms with Gasteiger partial charge in [0.15, 0.2) is 5.82 Å². The van der Waals surface area contributed by atoms with Gasteiger partial charge in [0.2, 0.25) is 0 Å². The van der Waals surface area contributed by atoms with Crippen LogP contribution in [0.1, 0.15) is 44.6 Å². The second-order valence-corrected chi connectivity index (χ2v) is 12.0. The average Bonchev–Trinajstić information content (AvgIpc) is 3.71. The Morgan fingerprint density at radius 2 is 1.93 bits per heavy atom. The number of nitrogens with one attached hydrogen (secondary N) is 3. The number of aromatic amines is 1. The molecule has 2 fully saturated rings. The quantitative estimate of drug-likeness (QED) is 0.218. The molecular weight excluding hydrogens is 522 g/mol. The number of methoxy groups -OCH3 is 1. The van der Waals surface area contributed by atoms with E-state index in [0.717, 1.165) is 69.8 Å². The molecule has 7 rings (SSSR count). The summed E-state index contributed by atoms with van der Waals surface area (Å²) in [6.07, 6.45) is 9.06. The summed E-state index contributed by atoms with van der Waals surface area (Å²) in [5, 5.41) is 10.1. The fourth-order valence-electron chi connectivity index (χ4n) is 5.85. The van der Waals surface area contributed by atoms with Crippen molar-refractivity contribution in [2.75, 3.05) is 25.5 Å². The Labute approximate surface area is 238 Å². The standard InChI is InChI=1S/C31H32ClN7O/c1-31(2)16-33-10-9-26(31)38-30-27-22(17-4-5-17)14-34-15-25(27)37-29(39-30)19-8-11-35-28-20(19)13-24(36-28)21-12-18(40-3)6-7-23(21)32/h6-8,11-15,17,26,33H,4-5,9-10,16H2,1-3H3,(H,35,36)(H,37,38,39). The van der Waals surface area contributed by atoms with Crippen LogP contribution in [0.4, 0.5) is 5.82 Å². The first-order chi connectivity index (χ1) is 19.4. The zero-order valence-electron chi connectivity index (χ0n) is 22.9. The van der Waals surface area contributed by atoms with Crippen molar-refractivity contribution in [3.8, 4) is 28.4 Å². The van der Waals surface area contributed by atoms with E-state index in [-0.39, 0.29) is 11.5 Å². The number of anilines is 1. The van der Waals surface area contributed by atoms with E-state index < -0.39 is 0 Å². The largest absolute Gasteiger partial charge is 0.497 e. The molecule has 3 N–H and O–H groups in total. The van der Waals surface area contributed by atoms with Crippen molar-refractivity contribution in [3.05, 3.63) is 59.5 Å². The zero-order valence-corrected chi connectivity index (χ0v) is 23.6. The summed E-state index contributed by atoms with van der Waals surface area (Å²) in [6.45, 7) is 6.56. The number of pyridine rings is 2. The number of nitrogens with zero attached hydrogens (tertiary/aromatic N) is 4. The number of piperidine rings is 1. The molecule has 1 aliphatic heterocycles. The van der Waals surface area contributed by atoms with Crippen molar-refractivity contribution < 1.29 is 4.74 Å². The first-order valence-corrected chi connectivity index (χ1v) is 14.2. The fraction of sp³-hybridized carbons (Fsp3) is 0.355. The molecule has 8 nitrogen and oxygen atoms in total. The minimum Gasteiger partial charge on any atom is -0.497 e. The average molecular weight is 554 g/mol. The second kappa shape index (κ2) is 9.71. The molecule has 5 aromatic rings. The number of fused-ring (bicyclic) bond motifs is 2. The van der Waals surface area contributed by atoms with Gasteiger partial charge in [-0.1, -0.05) is 25.4 Å². The fourth-order valence-corrected chi connectivity index (χ4v) is 6.07. The number of H-pyrrole nitrogens is 1. The highest BCUT2D eigenvalue weighted by Gasteiger charge is 2.34. The third-order valence-electron chi connectivity index (χ3n) is 8.33. The minimum atomic E-state index is 0.0813. The topological polar surface area (TPSA) is 101 Å². The maximum absolute atomic E-state index is 6.58. The van der Waals surface area contributed by atoms with Crippen molar-refractivity contribution >= 4 is 39.4 Å². The molecular formula is C31H32ClN7O. The molecule has 40 heavy (non-hydrogen) atoms. The Morgan fingerprint density at radius 3 is 2.73 bits per heavy atom. The van der Waals surface area contributed by atoms with Crippen molar-refractivity contribution in [1.29, 1.82) is 0 Å². The van der Waals surface area contributed by atoms with Gasteiger partial charge in [-0.2, -0.15) is 0 Å². The third kappa shape index (κ3) is 4.45. The number of halogens is 1. The van der Waals surface area contributed by atoms with Crippen LogP contribution in [0.3, 0.4) is 0 Å². The minimum absolute atomic E-state index is 0.0813. The van der Waals surface area contributed by atoms with Crippen LogP contribution in [0.2, 0.25) is 5.02 Å². The van der Waals surface area contributed by atoms with Crippen LogP contribution in [0.5, 0.6) is 5.75 Å². The van der Waals surface area contributed by atoms with Gasteiger partial charge >= 0.3 is 0 Å². The van der Waals surface area contributed by atoms with Gasteiger partial charge in [-0.3, -0.25) is 4.98 Å². The number of aromatic nitrogens is 5. The van der Waals surface area contributed by atoms with Crippen LogP contribution >= 0.6 is 11.6 Å². The summed E-state index contributed by atoms with van der Waals surface area (Å²) >= 11 is 6.58. The summed E-state index contributed by atoms with van der Waals surface area (Å²) in [7, 11) is 1.65. The molecule has 2 aliphatic rings. The van der Waals surface area contributed by atoms with E-state index in [4.69, 9.17) is 26.3 Å². The monoisotopic (exact) mass is 553 g/mol. The Morgan fingerprint density at radius 1 is 1.05 bits per heavy atom. The number of ether oxygens (including phenoxy) is 1. The van der Waals surface area contributed by atoms with Gasteiger partial charge in [0.05, 0.1) is 23.8 Å². The predicted octanol–water partition coefficient (Wildman–Crippen LogP) is 6.57. The first-order valence-electron chi connectivity index (χ1n) is 13.9. The molecule has 1 saturated carbocycles. The number of hydrogen-bond donors (Lipinski definition) is 3. The molecule has 0 radical (unpaired) electrons. The lowest BCUT2D eigenvalue weighted by Gasteiger charge is -2.40. The van der Waals surface area contributed by atoms with Crippen LogP contribution in [0.15, 0.2) is 48.9 Å². The Kier molecular flexibility index (Phi) is 6.13. The van der Waals surface area contributed by atoms with E-state index in [1.165, 1.54) is 18.4 Å². The van der Waals surface area contributed by atoms with Crippen molar-refractivity contribution in [3.63, 3.8) is 0 Å². The zero-order chi connectivity index (χ0) is 27.4. The SMILES string of the molecule is COc1ccc(Cl)c(-c2cc3c(-c4nc(NC5CCNCC5(C)C)c5c(C6CC6)cncc5n4)ccnc3[nH]2)c1. The Bertz CT molecular complexity index is 1740. The summed E-state index contributed by atoms with van der Waals surface area (Å²) in [4.78, 5) is 22.9. The molecule has 0 spiro atoms. The van der Waals surface area contributed by atoms with Crippen LogP contribution in [0.25, 0.3) is 44.6 Å². The third-order valence-corrected chi connectivity index (χ3v) is 8.66. The summed E-state index contributed by atoms with van der Waals surface area (Å²) < 4.78 is 5.44. The molecule has 5 heterocycles. The molecule has 204 valence electrons. The van der Waals surface area contributed by atoms with E-state index >= 15 is 0 Å². The number of rotatable bonds is 6.